The summed E-state index contributed by atoms with van der Waals surface area (Å²) in [4.78, 5) is 26.3. The summed E-state index contributed by atoms with van der Waals surface area (Å²) in [5.41, 5.74) is 3.43. The third-order valence-electron chi connectivity index (χ3n) is 4.88. The van der Waals surface area contributed by atoms with Gasteiger partial charge >= 0.3 is 5.97 Å². The van der Waals surface area contributed by atoms with Crippen LogP contribution in [0.5, 0.6) is 0 Å². The molecule has 0 bridgehead atoms. The number of hydrogen-bond donors (Lipinski definition) is 1. The molecule has 1 aliphatic rings. The van der Waals surface area contributed by atoms with E-state index in [0.29, 0.717) is 13.1 Å². The summed E-state index contributed by atoms with van der Waals surface area (Å²) in [5.74, 6) is 0.477. The third kappa shape index (κ3) is 5.14. The van der Waals surface area contributed by atoms with Crippen LogP contribution in [0.1, 0.15) is 22.7 Å². The Kier molecular flexibility index (Phi) is 7.12. The maximum absolute atomic E-state index is 12.8. The highest BCUT2D eigenvalue weighted by molar-refractivity contribution is 8.00. The molecule has 1 amide bonds. The Morgan fingerprint density at radius 1 is 1.14 bits per heavy atom. The number of carbonyl (C=O) groups excluding carboxylic acids is 2. The molecule has 6 heteroatoms. The molecule has 1 aliphatic heterocycles. The number of hydrogen-bond acceptors (Lipinski definition) is 5. The van der Waals surface area contributed by atoms with Crippen molar-refractivity contribution in [3.63, 3.8) is 0 Å². The van der Waals surface area contributed by atoms with Gasteiger partial charge in [-0.25, -0.2) is 0 Å². The second-order valence-corrected chi connectivity index (χ2v) is 8.17. The van der Waals surface area contributed by atoms with E-state index in [1.165, 1.54) is 12.7 Å². The summed E-state index contributed by atoms with van der Waals surface area (Å²) < 4.78 is 4.83. The van der Waals surface area contributed by atoms with E-state index in [4.69, 9.17) is 4.74 Å². The highest BCUT2D eigenvalue weighted by atomic mass is 32.2. The zero-order valence-corrected chi connectivity index (χ0v) is 17.1. The summed E-state index contributed by atoms with van der Waals surface area (Å²) in [6, 6.07) is 18.4. The molecule has 0 spiro atoms. The van der Waals surface area contributed by atoms with Crippen molar-refractivity contribution in [2.75, 3.05) is 32.5 Å². The second kappa shape index (κ2) is 9.75. The lowest BCUT2D eigenvalue weighted by atomic mass is 9.98. The van der Waals surface area contributed by atoms with Crippen molar-refractivity contribution in [1.82, 2.24) is 10.2 Å². The lowest BCUT2D eigenvalue weighted by molar-refractivity contribution is -0.141. The number of esters is 1. The average molecular weight is 399 g/mol. The first-order valence-corrected chi connectivity index (χ1v) is 10.5. The number of thioether (sulfide) groups is 1. The Labute approximate surface area is 170 Å². The summed E-state index contributed by atoms with van der Waals surface area (Å²) in [5, 5.41) is 3.11. The van der Waals surface area contributed by atoms with Gasteiger partial charge in [0.05, 0.1) is 19.7 Å². The van der Waals surface area contributed by atoms with Crippen LogP contribution in [0.4, 0.5) is 0 Å². The molecule has 0 saturated carbocycles. The van der Waals surface area contributed by atoms with Crippen LogP contribution in [0, 0.1) is 6.92 Å². The monoisotopic (exact) mass is 398 g/mol. The summed E-state index contributed by atoms with van der Waals surface area (Å²) >= 11 is 1.55. The van der Waals surface area contributed by atoms with Gasteiger partial charge < -0.3 is 9.64 Å². The number of rotatable bonds is 6. The van der Waals surface area contributed by atoms with Gasteiger partial charge in [0, 0.05) is 18.8 Å². The van der Waals surface area contributed by atoms with Crippen molar-refractivity contribution in [3.8, 4) is 0 Å². The Morgan fingerprint density at radius 3 is 2.50 bits per heavy atom. The van der Waals surface area contributed by atoms with Crippen LogP contribution in [0.3, 0.4) is 0 Å². The number of benzene rings is 2. The van der Waals surface area contributed by atoms with E-state index in [2.05, 4.69) is 48.6 Å². The van der Waals surface area contributed by atoms with Gasteiger partial charge in [-0.3, -0.25) is 14.9 Å². The Morgan fingerprint density at radius 2 is 1.82 bits per heavy atom. The van der Waals surface area contributed by atoms with Gasteiger partial charge in [-0.15, -0.1) is 11.8 Å². The van der Waals surface area contributed by atoms with E-state index in [9.17, 15) is 9.59 Å². The number of nitrogens with zero attached hydrogens (tertiary/aromatic N) is 1. The van der Waals surface area contributed by atoms with Crippen molar-refractivity contribution >= 4 is 23.6 Å². The van der Waals surface area contributed by atoms with Crippen LogP contribution >= 0.6 is 11.8 Å². The molecule has 1 saturated heterocycles. The number of amides is 1. The smallest absolute Gasteiger partial charge is 0.320 e. The maximum Gasteiger partial charge on any atom is 0.320 e. The lowest BCUT2D eigenvalue weighted by Crippen LogP contribution is -2.48. The molecule has 2 atom stereocenters. The third-order valence-corrected chi connectivity index (χ3v) is 6.05. The summed E-state index contributed by atoms with van der Waals surface area (Å²) in [7, 11) is 1.39. The lowest BCUT2D eigenvalue weighted by Gasteiger charge is -2.31. The molecule has 1 N–H and O–H groups in total. The minimum atomic E-state index is -0.301. The fourth-order valence-electron chi connectivity index (χ4n) is 3.28. The van der Waals surface area contributed by atoms with Crippen LogP contribution in [0.15, 0.2) is 54.6 Å². The van der Waals surface area contributed by atoms with E-state index in [-0.39, 0.29) is 29.7 Å². The minimum Gasteiger partial charge on any atom is -0.468 e. The quantitative estimate of drug-likeness (QED) is 0.759. The molecule has 2 aromatic carbocycles. The topological polar surface area (TPSA) is 58.6 Å². The van der Waals surface area contributed by atoms with E-state index in [1.54, 1.807) is 16.7 Å². The zero-order chi connectivity index (χ0) is 19.9. The number of methoxy groups -OCH3 is 1. The number of carbonyl (C=O) groups is 2. The number of nitrogens with one attached hydrogen (secondary N) is 1. The van der Waals surface area contributed by atoms with Crippen LogP contribution in [-0.2, 0) is 14.3 Å². The predicted octanol–water partition coefficient (Wildman–Crippen LogP) is 2.79. The minimum absolute atomic E-state index is 0.00208. The van der Waals surface area contributed by atoms with Gasteiger partial charge in [0.15, 0.2) is 0 Å². The fourth-order valence-corrected chi connectivity index (χ4v) is 4.41. The highest BCUT2D eigenvalue weighted by Crippen LogP contribution is 2.23. The SMILES string of the molecule is COC(=O)[C@@H]1CN(C(=O)CN[C@@H](c2ccccc2)c2ccc(C)cc2)CCS1. The van der Waals surface area contributed by atoms with Gasteiger partial charge in [-0.2, -0.15) is 0 Å². The number of aryl methyl sites for hydroxylation is 1. The molecule has 1 fully saturated rings. The molecule has 28 heavy (non-hydrogen) atoms. The van der Waals surface area contributed by atoms with Gasteiger partial charge in [0.25, 0.3) is 0 Å². The van der Waals surface area contributed by atoms with Crippen molar-refractivity contribution < 1.29 is 14.3 Å². The molecule has 0 aromatic heterocycles. The average Bonchev–Trinajstić information content (AvgIpc) is 2.75. The van der Waals surface area contributed by atoms with E-state index < -0.39 is 0 Å². The molecule has 0 radical (unpaired) electrons. The van der Waals surface area contributed by atoms with Crippen LogP contribution in [-0.4, -0.2) is 54.5 Å². The van der Waals surface area contributed by atoms with E-state index >= 15 is 0 Å². The first-order valence-electron chi connectivity index (χ1n) is 9.40. The Hall–Kier alpha value is -2.31. The predicted molar refractivity (Wildman–Crippen MR) is 112 cm³/mol. The van der Waals surface area contributed by atoms with Crippen molar-refractivity contribution in [3.05, 3.63) is 71.3 Å². The van der Waals surface area contributed by atoms with Gasteiger partial charge in [0.2, 0.25) is 5.91 Å². The molecule has 2 aromatic rings. The summed E-state index contributed by atoms with van der Waals surface area (Å²) in [6.07, 6.45) is 0. The van der Waals surface area contributed by atoms with Crippen LogP contribution < -0.4 is 5.32 Å². The van der Waals surface area contributed by atoms with Crippen molar-refractivity contribution in [1.29, 1.82) is 0 Å². The standard InChI is InChI=1S/C22H26N2O3S/c1-16-8-10-18(11-9-16)21(17-6-4-3-5-7-17)23-14-20(25)24-12-13-28-19(15-24)22(26)27-2/h3-11,19,21,23H,12-15H2,1-2H3/t19-,21-/m0/s1. The van der Waals surface area contributed by atoms with Crippen LogP contribution in [0.25, 0.3) is 0 Å². The normalized spacial score (nSPS) is 17.8. The van der Waals surface area contributed by atoms with E-state index in [1.807, 2.05) is 18.2 Å². The largest absolute Gasteiger partial charge is 0.468 e. The molecule has 1 heterocycles. The van der Waals surface area contributed by atoms with Crippen LogP contribution in [0.2, 0.25) is 0 Å². The highest BCUT2D eigenvalue weighted by Gasteiger charge is 2.29. The second-order valence-electron chi connectivity index (χ2n) is 6.86. The molecule has 148 valence electrons. The van der Waals surface area contributed by atoms with Gasteiger partial charge in [-0.1, -0.05) is 60.2 Å². The maximum atomic E-state index is 12.8. The molecule has 3 rings (SSSR count). The summed E-state index contributed by atoms with van der Waals surface area (Å²) in [6.45, 7) is 3.33. The Balaban J connectivity index is 1.68. The molecule has 0 aliphatic carbocycles. The van der Waals surface area contributed by atoms with E-state index in [0.717, 1.165) is 16.9 Å². The fraction of sp³-hybridized carbons (Fsp3) is 0.364. The Bertz CT molecular complexity index is 795. The molecule has 5 nitrogen and oxygen atoms in total. The zero-order valence-electron chi connectivity index (χ0n) is 16.3. The molecule has 0 unspecified atom stereocenters. The van der Waals surface area contributed by atoms with Crippen molar-refractivity contribution in [2.45, 2.75) is 18.2 Å². The molecular formula is C22H26N2O3S. The van der Waals surface area contributed by atoms with Gasteiger partial charge in [0.1, 0.15) is 5.25 Å². The van der Waals surface area contributed by atoms with Gasteiger partial charge in [-0.05, 0) is 18.1 Å². The first kappa shape index (κ1) is 20.4. The number of ether oxygens (including phenoxy) is 1. The first-order chi connectivity index (χ1) is 13.6. The van der Waals surface area contributed by atoms with Crippen molar-refractivity contribution in [2.24, 2.45) is 0 Å². The molecular weight excluding hydrogens is 372 g/mol.